The molecule has 1 fully saturated rings. The van der Waals surface area contributed by atoms with E-state index >= 15 is 0 Å². The molecule has 1 amide bonds. The second-order valence-electron chi connectivity index (χ2n) is 7.15. The Hall–Kier alpha value is -1.55. The molecule has 4 heteroatoms. The Labute approximate surface area is 127 Å². The fourth-order valence-electron chi connectivity index (χ4n) is 3.69. The maximum absolute atomic E-state index is 12.3. The summed E-state index contributed by atoms with van der Waals surface area (Å²) in [5, 5.41) is 3.15. The lowest BCUT2D eigenvalue weighted by Gasteiger charge is -2.62. The van der Waals surface area contributed by atoms with E-state index in [1.54, 1.807) is 7.11 Å². The summed E-state index contributed by atoms with van der Waals surface area (Å²) >= 11 is 0. The Morgan fingerprint density at radius 1 is 1.19 bits per heavy atom. The first-order chi connectivity index (χ1) is 9.69. The third-order valence-corrected chi connectivity index (χ3v) is 4.92. The zero-order valence-corrected chi connectivity index (χ0v) is 13.6. The molecule has 0 bridgehead atoms. The van der Waals surface area contributed by atoms with Gasteiger partial charge in [0.2, 0.25) is 5.91 Å². The van der Waals surface area contributed by atoms with Crippen LogP contribution in [0.5, 0.6) is 5.75 Å². The number of ether oxygens (including phenoxy) is 1. The van der Waals surface area contributed by atoms with Crippen molar-refractivity contribution in [3.8, 4) is 5.75 Å². The second-order valence-corrected chi connectivity index (χ2v) is 7.15. The van der Waals surface area contributed by atoms with Gasteiger partial charge in [-0.1, -0.05) is 39.8 Å². The van der Waals surface area contributed by atoms with Crippen LogP contribution in [0.15, 0.2) is 24.3 Å². The number of carbonyl (C=O) groups is 1. The molecule has 0 radical (unpaired) electrons. The molecule has 0 saturated heterocycles. The van der Waals surface area contributed by atoms with Gasteiger partial charge in [0, 0.05) is 22.9 Å². The summed E-state index contributed by atoms with van der Waals surface area (Å²) in [6, 6.07) is 7.77. The molecule has 116 valence electrons. The fourth-order valence-corrected chi connectivity index (χ4v) is 3.69. The molecule has 2 rings (SSSR count). The highest BCUT2D eigenvalue weighted by Crippen LogP contribution is 2.52. The van der Waals surface area contributed by atoms with E-state index in [-0.39, 0.29) is 28.8 Å². The first-order valence-electron chi connectivity index (χ1n) is 7.37. The molecule has 1 saturated carbocycles. The van der Waals surface area contributed by atoms with Crippen molar-refractivity contribution in [3.05, 3.63) is 29.8 Å². The lowest BCUT2D eigenvalue weighted by Crippen LogP contribution is -2.76. The number of nitrogens with two attached hydrogens (primary N) is 1. The lowest BCUT2D eigenvalue weighted by atomic mass is 9.48. The van der Waals surface area contributed by atoms with Crippen molar-refractivity contribution in [1.29, 1.82) is 0 Å². The number of rotatable bonds is 4. The summed E-state index contributed by atoms with van der Waals surface area (Å²) in [6.45, 7) is 8.45. The number of hydrogen-bond acceptors (Lipinski definition) is 3. The van der Waals surface area contributed by atoms with Crippen LogP contribution in [0.4, 0.5) is 0 Å². The van der Waals surface area contributed by atoms with Crippen LogP contribution in [0.2, 0.25) is 0 Å². The first kappa shape index (κ1) is 15.8. The van der Waals surface area contributed by atoms with Gasteiger partial charge in [-0.2, -0.15) is 0 Å². The zero-order valence-electron chi connectivity index (χ0n) is 13.6. The summed E-state index contributed by atoms with van der Waals surface area (Å²) in [6.07, 6.45) is 0.377. The first-order valence-corrected chi connectivity index (χ1v) is 7.37. The summed E-state index contributed by atoms with van der Waals surface area (Å²) in [7, 11) is 1.63. The largest absolute Gasteiger partial charge is 0.497 e. The molecule has 0 unspecified atom stereocenters. The van der Waals surface area contributed by atoms with Crippen LogP contribution in [0.1, 0.15) is 33.3 Å². The number of methoxy groups -OCH3 is 1. The van der Waals surface area contributed by atoms with Crippen molar-refractivity contribution in [1.82, 2.24) is 5.32 Å². The van der Waals surface area contributed by atoms with Gasteiger partial charge in [-0.25, -0.2) is 0 Å². The third kappa shape index (κ3) is 2.77. The highest BCUT2D eigenvalue weighted by Gasteiger charge is 2.60. The summed E-state index contributed by atoms with van der Waals surface area (Å²) in [5.74, 6) is 0.838. The van der Waals surface area contributed by atoms with E-state index < -0.39 is 0 Å². The predicted molar refractivity (Wildman–Crippen MR) is 84.2 cm³/mol. The van der Waals surface area contributed by atoms with Crippen LogP contribution in [-0.4, -0.2) is 25.1 Å². The van der Waals surface area contributed by atoms with Crippen molar-refractivity contribution >= 4 is 5.91 Å². The van der Waals surface area contributed by atoms with Gasteiger partial charge in [0.05, 0.1) is 13.5 Å². The predicted octanol–water partition coefficient (Wildman–Crippen LogP) is 2.12. The van der Waals surface area contributed by atoms with Gasteiger partial charge in [-0.3, -0.25) is 4.79 Å². The monoisotopic (exact) mass is 290 g/mol. The van der Waals surface area contributed by atoms with Crippen molar-refractivity contribution < 1.29 is 9.53 Å². The lowest BCUT2D eigenvalue weighted by molar-refractivity contribution is -0.131. The average molecular weight is 290 g/mol. The maximum Gasteiger partial charge on any atom is 0.224 e. The van der Waals surface area contributed by atoms with Crippen LogP contribution < -0.4 is 15.8 Å². The standard InChI is InChI=1S/C17H26N2O2/c1-16(2)14(18)17(3,4)15(16)19-13(20)10-11-6-8-12(21-5)9-7-11/h6-9,14-15H,10,18H2,1-5H3,(H,19,20). The van der Waals surface area contributed by atoms with E-state index in [1.807, 2.05) is 24.3 Å². The van der Waals surface area contributed by atoms with Gasteiger partial charge in [-0.15, -0.1) is 0 Å². The van der Waals surface area contributed by atoms with Crippen LogP contribution in [0, 0.1) is 10.8 Å². The molecular weight excluding hydrogens is 264 g/mol. The Morgan fingerprint density at radius 2 is 1.71 bits per heavy atom. The van der Waals surface area contributed by atoms with Crippen LogP contribution >= 0.6 is 0 Å². The zero-order chi connectivity index (χ0) is 15.8. The minimum absolute atomic E-state index is 0.0400. The highest BCUT2D eigenvalue weighted by molar-refractivity contribution is 5.79. The number of amides is 1. The molecule has 0 aliphatic heterocycles. The van der Waals surface area contributed by atoms with Gasteiger partial charge in [0.1, 0.15) is 5.75 Å². The van der Waals surface area contributed by atoms with E-state index in [9.17, 15) is 4.79 Å². The van der Waals surface area contributed by atoms with Crippen molar-refractivity contribution in [2.75, 3.05) is 7.11 Å². The highest BCUT2D eigenvalue weighted by atomic mass is 16.5. The maximum atomic E-state index is 12.3. The summed E-state index contributed by atoms with van der Waals surface area (Å²) in [5.41, 5.74) is 7.06. The number of carbonyl (C=O) groups excluding carboxylic acids is 1. The minimum Gasteiger partial charge on any atom is -0.497 e. The molecule has 4 nitrogen and oxygen atoms in total. The molecule has 1 aromatic rings. The number of benzene rings is 1. The van der Waals surface area contributed by atoms with Crippen molar-refractivity contribution in [2.24, 2.45) is 16.6 Å². The molecule has 0 spiro atoms. The van der Waals surface area contributed by atoms with Crippen molar-refractivity contribution in [3.63, 3.8) is 0 Å². The average Bonchev–Trinajstić information content (AvgIpc) is 2.44. The topological polar surface area (TPSA) is 64.3 Å². The quantitative estimate of drug-likeness (QED) is 0.892. The molecule has 0 heterocycles. The van der Waals surface area contributed by atoms with E-state index in [0.717, 1.165) is 11.3 Å². The molecular formula is C17H26N2O2. The Kier molecular flexibility index (Phi) is 4.02. The molecule has 1 aromatic carbocycles. The van der Waals surface area contributed by atoms with Crippen LogP contribution in [0.3, 0.4) is 0 Å². The molecule has 0 atom stereocenters. The number of hydrogen-bond donors (Lipinski definition) is 2. The van der Waals surface area contributed by atoms with Gasteiger partial charge in [-0.05, 0) is 17.7 Å². The van der Waals surface area contributed by atoms with E-state index in [0.29, 0.717) is 6.42 Å². The van der Waals surface area contributed by atoms with E-state index in [2.05, 4.69) is 33.0 Å². The normalized spacial score (nSPS) is 25.8. The fraction of sp³-hybridized carbons (Fsp3) is 0.588. The minimum atomic E-state index is -0.0704. The van der Waals surface area contributed by atoms with Crippen LogP contribution in [0.25, 0.3) is 0 Å². The van der Waals surface area contributed by atoms with Gasteiger partial charge < -0.3 is 15.8 Å². The SMILES string of the molecule is COc1ccc(CC(=O)NC2C(C)(C)C(N)C2(C)C)cc1. The Morgan fingerprint density at radius 3 is 2.19 bits per heavy atom. The van der Waals surface area contributed by atoms with Crippen LogP contribution in [-0.2, 0) is 11.2 Å². The van der Waals surface area contributed by atoms with Gasteiger partial charge in [0.25, 0.3) is 0 Å². The van der Waals surface area contributed by atoms with Gasteiger partial charge >= 0.3 is 0 Å². The Bertz CT molecular complexity index is 504. The van der Waals surface area contributed by atoms with Crippen molar-refractivity contribution in [2.45, 2.75) is 46.2 Å². The molecule has 1 aliphatic rings. The van der Waals surface area contributed by atoms with Gasteiger partial charge in [0.15, 0.2) is 0 Å². The molecule has 3 N–H and O–H groups in total. The Balaban J connectivity index is 1.98. The molecule has 1 aliphatic carbocycles. The van der Waals surface area contributed by atoms with E-state index in [1.165, 1.54) is 0 Å². The number of nitrogens with one attached hydrogen (secondary N) is 1. The molecule has 0 aromatic heterocycles. The second kappa shape index (κ2) is 5.34. The third-order valence-electron chi connectivity index (χ3n) is 4.92. The smallest absolute Gasteiger partial charge is 0.224 e. The van der Waals surface area contributed by atoms with E-state index in [4.69, 9.17) is 10.5 Å². The summed E-state index contributed by atoms with van der Waals surface area (Å²) in [4.78, 5) is 12.3. The summed E-state index contributed by atoms with van der Waals surface area (Å²) < 4.78 is 5.12. The molecule has 21 heavy (non-hydrogen) atoms.